The van der Waals surface area contributed by atoms with Crippen molar-refractivity contribution in [1.29, 1.82) is 0 Å². The zero-order chi connectivity index (χ0) is 13.0. The highest BCUT2D eigenvalue weighted by Crippen LogP contribution is 2.29. The Balaban J connectivity index is 2.98. The molecule has 1 aromatic rings. The summed E-state index contributed by atoms with van der Waals surface area (Å²) in [7, 11) is 0. The highest BCUT2D eigenvalue weighted by atomic mass is 19.3. The van der Waals surface area contributed by atoms with Crippen molar-refractivity contribution >= 4 is 5.97 Å². The molecule has 1 aromatic heterocycles. The molecule has 0 fully saturated rings. The van der Waals surface area contributed by atoms with Crippen molar-refractivity contribution in [1.82, 2.24) is 4.98 Å². The number of pyridine rings is 1. The monoisotopic (exact) mass is 245 g/mol. The fourth-order valence-electron chi connectivity index (χ4n) is 1.36. The van der Waals surface area contributed by atoms with Crippen LogP contribution in [0.5, 0.6) is 5.75 Å². The Morgan fingerprint density at radius 1 is 1.59 bits per heavy atom. The van der Waals surface area contributed by atoms with E-state index < -0.39 is 23.8 Å². The van der Waals surface area contributed by atoms with Crippen LogP contribution in [0.1, 0.15) is 30.3 Å². The second kappa shape index (κ2) is 5.56. The number of carbonyl (C=O) groups excluding carboxylic acids is 1. The second-order valence-corrected chi connectivity index (χ2v) is 3.45. The zero-order valence-electron chi connectivity index (χ0n) is 9.54. The van der Waals surface area contributed by atoms with Gasteiger partial charge in [0, 0.05) is 0 Å². The van der Waals surface area contributed by atoms with Gasteiger partial charge in [-0.25, -0.2) is 13.8 Å². The fourth-order valence-corrected chi connectivity index (χ4v) is 1.36. The third kappa shape index (κ3) is 3.37. The highest BCUT2D eigenvalue weighted by molar-refractivity contribution is 5.72. The van der Waals surface area contributed by atoms with E-state index in [4.69, 9.17) is 0 Å². The first kappa shape index (κ1) is 13.3. The summed E-state index contributed by atoms with van der Waals surface area (Å²) in [5, 5.41) is 9.37. The van der Waals surface area contributed by atoms with Gasteiger partial charge in [-0.15, -0.1) is 0 Å². The van der Waals surface area contributed by atoms with Crippen LogP contribution in [-0.2, 0) is 16.0 Å². The Morgan fingerprint density at radius 3 is 2.76 bits per heavy atom. The molecule has 0 unspecified atom stereocenters. The van der Waals surface area contributed by atoms with Gasteiger partial charge in [-0.05, 0) is 25.5 Å². The molecule has 0 radical (unpaired) electrons. The number of aromatic nitrogens is 1. The summed E-state index contributed by atoms with van der Waals surface area (Å²) in [4.78, 5) is 14.7. The van der Waals surface area contributed by atoms with Crippen molar-refractivity contribution < 1.29 is 23.4 Å². The van der Waals surface area contributed by atoms with Crippen molar-refractivity contribution in [2.75, 3.05) is 6.61 Å². The topological polar surface area (TPSA) is 59.4 Å². The van der Waals surface area contributed by atoms with Crippen LogP contribution >= 0.6 is 0 Å². The average molecular weight is 245 g/mol. The number of aryl methyl sites for hydroxylation is 1. The molecule has 0 saturated heterocycles. The fraction of sp³-hybridized carbons (Fsp3) is 0.455. The lowest BCUT2D eigenvalue weighted by atomic mass is 10.1. The molecule has 17 heavy (non-hydrogen) atoms. The van der Waals surface area contributed by atoms with Crippen LogP contribution in [0.2, 0.25) is 0 Å². The molecule has 94 valence electrons. The van der Waals surface area contributed by atoms with Crippen LogP contribution in [-0.4, -0.2) is 22.7 Å². The van der Waals surface area contributed by atoms with Gasteiger partial charge in [0.05, 0.1) is 18.7 Å². The normalized spacial score (nSPS) is 10.6. The maximum absolute atomic E-state index is 12.5. The Bertz CT molecular complexity index is 421. The molecule has 0 spiro atoms. The van der Waals surface area contributed by atoms with Crippen molar-refractivity contribution in [3.05, 3.63) is 23.0 Å². The van der Waals surface area contributed by atoms with E-state index >= 15 is 0 Å². The number of alkyl halides is 2. The van der Waals surface area contributed by atoms with Gasteiger partial charge in [0.25, 0.3) is 6.43 Å². The van der Waals surface area contributed by atoms with Gasteiger partial charge in [0.15, 0.2) is 0 Å². The first-order chi connectivity index (χ1) is 7.95. The van der Waals surface area contributed by atoms with Crippen LogP contribution in [0.3, 0.4) is 0 Å². The molecular formula is C11H13F2NO3. The van der Waals surface area contributed by atoms with Gasteiger partial charge in [0.1, 0.15) is 11.4 Å². The third-order valence-electron chi connectivity index (χ3n) is 2.10. The van der Waals surface area contributed by atoms with Crippen molar-refractivity contribution in [3.63, 3.8) is 0 Å². The van der Waals surface area contributed by atoms with E-state index in [1.807, 2.05) is 0 Å². The number of hydrogen-bond donors (Lipinski definition) is 1. The molecule has 6 heteroatoms. The summed E-state index contributed by atoms with van der Waals surface area (Å²) in [5.41, 5.74) is -0.284. The van der Waals surface area contributed by atoms with Gasteiger partial charge in [-0.2, -0.15) is 0 Å². The van der Waals surface area contributed by atoms with E-state index in [0.29, 0.717) is 0 Å². The molecule has 0 aromatic carbocycles. The maximum Gasteiger partial charge on any atom is 0.311 e. The molecule has 4 nitrogen and oxygen atoms in total. The van der Waals surface area contributed by atoms with Crippen LogP contribution < -0.4 is 0 Å². The number of halogens is 2. The molecule has 0 aliphatic rings. The van der Waals surface area contributed by atoms with Crippen molar-refractivity contribution in [2.24, 2.45) is 0 Å². The summed E-state index contributed by atoms with van der Waals surface area (Å²) in [5.74, 6) is -1.07. The Hall–Kier alpha value is -1.72. The molecule has 0 atom stereocenters. The molecule has 1 N–H and O–H groups in total. The number of carbonyl (C=O) groups is 1. The van der Waals surface area contributed by atoms with Gasteiger partial charge in [0.2, 0.25) is 0 Å². The second-order valence-electron chi connectivity index (χ2n) is 3.45. The largest absolute Gasteiger partial charge is 0.506 e. The molecule has 0 saturated carbocycles. The predicted molar refractivity (Wildman–Crippen MR) is 55.9 cm³/mol. The minimum Gasteiger partial charge on any atom is -0.506 e. The number of hydrogen-bond acceptors (Lipinski definition) is 4. The number of ether oxygens (including phenoxy) is 1. The molecule has 1 heterocycles. The van der Waals surface area contributed by atoms with E-state index in [9.17, 15) is 18.7 Å². The van der Waals surface area contributed by atoms with E-state index in [0.717, 1.165) is 0 Å². The highest BCUT2D eigenvalue weighted by Gasteiger charge is 2.19. The van der Waals surface area contributed by atoms with E-state index in [-0.39, 0.29) is 24.3 Å². The Kier molecular flexibility index (Phi) is 4.37. The van der Waals surface area contributed by atoms with Crippen LogP contribution in [0.15, 0.2) is 6.07 Å². The smallest absolute Gasteiger partial charge is 0.311 e. The molecule has 0 aliphatic carbocycles. The average Bonchev–Trinajstić information content (AvgIpc) is 2.23. The molecule has 0 amide bonds. The van der Waals surface area contributed by atoms with Gasteiger partial charge < -0.3 is 9.84 Å². The van der Waals surface area contributed by atoms with Crippen LogP contribution in [0.25, 0.3) is 0 Å². The SMILES string of the molecule is CCOC(=O)Cc1cc(C)c(O)c(C(F)F)n1. The Morgan fingerprint density at radius 2 is 2.24 bits per heavy atom. The number of aromatic hydroxyl groups is 1. The standard InChI is InChI=1S/C11H13F2NO3/c1-3-17-8(15)5-7-4-6(2)10(16)9(14-7)11(12)13/h4,11,16H,3,5H2,1-2H3. The summed E-state index contributed by atoms with van der Waals surface area (Å²) in [6.45, 7) is 3.34. The minimum atomic E-state index is -2.88. The van der Waals surface area contributed by atoms with Crippen LogP contribution in [0.4, 0.5) is 8.78 Å². The number of esters is 1. The van der Waals surface area contributed by atoms with Crippen molar-refractivity contribution in [2.45, 2.75) is 26.7 Å². The lowest BCUT2D eigenvalue weighted by Gasteiger charge is -2.08. The van der Waals surface area contributed by atoms with Gasteiger partial charge in [-0.1, -0.05) is 0 Å². The van der Waals surface area contributed by atoms with Crippen LogP contribution in [0, 0.1) is 6.92 Å². The first-order valence-electron chi connectivity index (χ1n) is 5.08. The Labute approximate surface area is 97.2 Å². The van der Waals surface area contributed by atoms with E-state index in [1.54, 1.807) is 6.92 Å². The predicted octanol–water partition coefficient (Wildman–Crippen LogP) is 2.14. The summed E-state index contributed by atoms with van der Waals surface area (Å²) >= 11 is 0. The quantitative estimate of drug-likeness (QED) is 0.825. The lowest BCUT2D eigenvalue weighted by molar-refractivity contribution is -0.142. The first-order valence-corrected chi connectivity index (χ1v) is 5.08. The molecule has 0 bridgehead atoms. The number of nitrogens with zero attached hydrogens (tertiary/aromatic N) is 1. The van der Waals surface area contributed by atoms with Crippen molar-refractivity contribution in [3.8, 4) is 5.75 Å². The summed E-state index contributed by atoms with van der Waals surface area (Å²) < 4.78 is 29.8. The summed E-state index contributed by atoms with van der Waals surface area (Å²) in [6.07, 6.45) is -3.06. The lowest BCUT2D eigenvalue weighted by Crippen LogP contribution is -2.10. The molecular weight excluding hydrogens is 232 g/mol. The van der Waals surface area contributed by atoms with Gasteiger partial charge >= 0.3 is 5.97 Å². The molecule has 0 aliphatic heterocycles. The minimum absolute atomic E-state index is 0.161. The van der Waals surface area contributed by atoms with E-state index in [1.165, 1.54) is 13.0 Å². The molecule has 1 rings (SSSR count). The zero-order valence-corrected chi connectivity index (χ0v) is 9.54. The number of rotatable bonds is 4. The summed E-state index contributed by atoms with van der Waals surface area (Å²) in [6, 6.07) is 1.39. The van der Waals surface area contributed by atoms with Gasteiger partial charge in [-0.3, -0.25) is 4.79 Å². The maximum atomic E-state index is 12.5. The van der Waals surface area contributed by atoms with E-state index in [2.05, 4.69) is 9.72 Å². The third-order valence-corrected chi connectivity index (χ3v) is 2.10.